The van der Waals surface area contributed by atoms with Crippen molar-refractivity contribution in [3.05, 3.63) is 5.82 Å². The SMILES string of the molecule is CCNc1nc(CC(C)C)nc(SC)n1. The maximum Gasteiger partial charge on any atom is 0.226 e. The molecule has 1 heterocycles. The van der Waals surface area contributed by atoms with Crippen LogP contribution in [0.25, 0.3) is 0 Å². The highest BCUT2D eigenvalue weighted by molar-refractivity contribution is 7.98. The highest BCUT2D eigenvalue weighted by Gasteiger charge is 2.06. The number of thioether (sulfide) groups is 1. The molecule has 15 heavy (non-hydrogen) atoms. The van der Waals surface area contributed by atoms with Crippen LogP contribution in [-0.2, 0) is 6.42 Å². The van der Waals surface area contributed by atoms with Crippen LogP contribution in [0.5, 0.6) is 0 Å². The van der Waals surface area contributed by atoms with Gasteiger partial charge in [-0.1, -0.05) is 25.6 Å². The molecule has 0 saturated carbocycles. The Kier molecular flexibility index (Phi) is 4.81. The highest BCUT2D eigenvalue weighted by Crippen LogP contribution is 2.12. The molecule has 84 valence electrons. The Labute approximate surface area is 95.3 Å². The van der Waals surface area contributed by atoms with Crippen LogP contribution in [0, 0.1) is 5.92 Å². The van der Waals surface area contributed by atoms with Crippen LogP contribution < -0.4 is 5.32 Å². The largest absolute Gasteiger partial charge is 0.354 e. The monoisotopic (exact) mass is 226 g/mol. The van der Waals surface area contributed by atoms with Crippen LogP contribution in [0.4, 0.5) is 5.95 Å². The lowest BCUT2D eigenvalue weighted by Crippen LogP contribution is -2.09. The molecule has 4 nitrogen and oxygen atoms in total. The highest BCUT2D eigenvalue weighted by atomic mass is 32.2. The lowest BCUT2D eigenvalue weighted by molar-refractivity contribution is 0.609. The molecule has 0 radical (unpaired) electrons. The summed E-state index contributed by atoms with van der Waals surface area (Å²) in [7, 11) is 0. The molecule has 0 unspecified atom stereocenters. The minimum Gasteiger partial charge on any atom is -0.354 e. The summed E-state index contributed by atoms with van der Waals surface area (Å²) in [6, 6.07) is 0. The molecule has 0 aliphatic heterocycles. The van der Waals surface area contributed by atoms with Crippen LogP contribution in [0.3, 0.4) is 0 Å². The average molecular weight is 226 g/mol. The zero-order valence-electron chi connectivity index (χ0n) is 9.74. The van der Waals surface area contributed by atoms with E-state index in [4.69, 9.17) is 0 Å². The third kappa shape index (κ3) is 4.03. The van der Waals surface area contributed by atoms with Gasteiger partial charge in [-0.05, 0) is 19.1 Å². The minimum atomic E-state index is 0.566. The van der Waals surface area contributed by atoms with Crippen LogP contribution in [-0.4, -0.2) is 27.8 Å². The summed E-state index contributed by atoms with van der Waals surface area (Å²) in [5, 5.41) is 3.91. The maximum absolute atomic E-state index is 4.38. The molecule has 1 aromatic heterocycles. The fraction of sp³-hybridized carbons (Fsp3) is 0.700. The number of hydrogen-bond donors (Lipinski definition) is 1. The van der Waals surface area contributed by atoms with Gasteiger partial charge in [-0.2, -0.15) is 9.97 Å². The fourth-order valence-corrected chi connectivity index (χ4v) is 1.56. The molecule has 1 rings (SSSR count). The second-order valence-electron chi connectivity index (χ2n) is 3.69. The molecule has 0 aliphatic carbocycles. The van der Waals surface area contributed by atoms with E-state index in [-0.39, 0.29) is 0 Å². The van der Waals surface area contributed by atoms with E-state index < -0.39 is 0 Å². The van der Waals surface area contributed by atoms with E-state index in [1.165, 1.54) is 0 Å². The third-order valence-electron chi connectivity index (χ3n) is 1.77. The number of hydrogen-bond acceptors (Lipinski definition) is 5. The maximum atomic E-state index is 4.38. The quantitative estimate of drug-likeness (QED) is 0.780. The lowest BCUT2D eigenvalue weighted by atomic mass is 10.1. The van der Waals surface area contributed by atoms with E-state index in [0.717, 1.165) is 23.9 Å². The lowest BCUT2D eigenvalue weighted by Gasteiger charge is -2.07. The summed E-state index contributed by atoms with van der Waals surface area (Å²) < 4.78 is 0. The zero-order chi connectivity index (χ0) is 11.3. The normalized spacial score (nSPS) is 10.7. The van der Waals surface area contributed by atoms with Gasteiger partial charge in [-0.3, -0.25) is 0 Å². The van der Waals surface area contributed by atoms with Gasteiger partial charge in [-0.15, -0.1) is 0 Å². The van der Waals surface area contributed by atoms with E-state index in [1.807, 2.05) is 13.2 Å². The molecule has 0 aromatic carbocycles. The van der Waals surface area contributed by atoms with Gasteiger partial charge in [0.05, 0.1) is 0 Å². The van der Waals surface area contributed by atoms with E-state index in [9.17, 15) is 0 Å². The molecule has 0 saturated heterocycles. The van der Waals surface area contributed by atoms with Crippen molar-refractivity contribution in [2.24, 2.45) is 5.92 Å². The Morgan fingerprint density at radius 2 is 2.00 bits per heavy atom. The summed E-state index contributed by atoms with van der Waals surface area (Å²) in [5.74, 6) is 2.13. The van der Waals surface area contributed by atoms with Crippen LogP contribution in [0.15, 0.2) is 5.16 Å². The van der Waals surface area contributed by atoms with Gasteiger partial charge in [0, 0.05) is 13.0 Å². The van der Waals surface area contributed by atoms with Gasteiger partial charge in [0.15, 0.2) is 5.16 Å². The molecule has 0 aliphatic rings. The molecule has 0 atom stereocenters. The Bertz CT molecular complexity index is 314. The number of aromatic nitrogens is 3. The summed E-state index contributed by atoms with van der Waals surface area (Å²) in [5.41, 5.74) is 0. The first kappa shape index (κ1) is 12.2. The Morgan fingerprint density at radius 1 is 1.27 bits per heavy atom. The first-order valence-electron chi connectivity index (χ1n) is 5.18. The predicted octanol–water partition coefficient (Wildman–Crippen LogP) is 2.22. The number of nitrogens with one attached hydrogen (secondary N) is 1. The van der Waals surface area contributed by atoms with Gasteiger partial charge >= 0.3 is 0 Å². The van der Waals surface area contributed by atoms with Crippen molar-refractivity contribution in [3.63, 3.8) is 0 Å². The Balaban J connectivity index is 2.89. The predicted molar refractivity (Wildman–Crippen MR) is 64.3 cm³/mol. The summed E-state index contributed by atoms with van der Waals surface area (Å²) in [4.78, 5) is 13.0. The fourth-order valence-electron chi connectivity index (χ4n) is 1.18. The molecule has 1 N–H and O–H groups in total. The van der Waals surface area contributed by atoms with Crippen molar-refractivity contribution < 1.29 is 0 Å². The molecule has 0 bridgehead atoms. The van der Waals surface area contributed by atoms with Gasteiger partial charge in [0.25, 0.3) is 0 Å². The molecule has 0 amide bonds. The third-order valence-corrected chi connectivity index (χ3v) is 2.32. The van der Waals surface area contributed by atoms with Gasteiger partial charge in [-0.25, -0.2) is 4.98 Å². The first-order chi connectivity index (χ1) is 7.15. The van der Waals surface area contributed by atoms with E-state index in [0.29, 0.717) is 11.9 Å². The summed E-state index contributed by atoms with van der Waals surface area (Å²) >= 11 is 1.55. The number of rotatable bonds is 5. The van der Waals surface area contributed by atoms with E-state index in [2.05, 4.69) is 34.1 Å². The topological polar surface area (TPSA) is 50.7 Å². The molecular weight excluding hydrogens is 208 g/mol. The van der Waals surface area contributed by atoms with Crippen molar-refractivity contribution in [3.8, 4) is 0 Å². The zero-order valence-corrected chi connectivity index (χ0v) is 10.6. The Hall–Kier alpha value is -0.840. The van der Waals surface area contributed by atoms with Crippen LogP contribution >= 0.6 is 11.8 Å². The standard InChI is InChI=1S/C10H18N4S/c1-5-11-9-12-8(6-7(2)3)13-10(14-9)15-4/h7H,5-6H2,1-4H3,(H,11,12,13,14). The average Bonchev–Trinajstić information content (AvgIpc) is 2.16. The molecule has 5 heteroatoms. The minimum absolute atomic E-state index is 0.566. The summed E-state index contributed by atoms with van der Waals surface area (Å²) in [6.07, 6.45) is 2.87. The van der Waals surface area contributed by atoms with E-state index >= 15 is 0 Å². The van der Waals surface area contributed by atoms with Crippen molar-refractivity contribution >= 4 is 17.7 Å². The van der Waals surface area contributed by atoms with Crippen molar-refractivity contribution in [2.45, 2.75) is 32.3 Å². The molecule has 1 aromatic rings. The first-order valence-corrected chi connectivity index (χ1v) is 6.41. The van der Waals surface area contributed by atoms with E-state index in [1.54, 1.807) is 11.8 Å². The van der Waals surface area contributed by atoms with Gasteiger partial charge in [0.2, 0.25) is 5.95 Å². The second-order valence-corrected chi connectivity index (χ2v) is 4.46. The van der Waals surface area contributed by atoms with Crippen molar-refractivity contribution in [1.29, 1.82) is 0 Å². The molecular formula is C10H18N4S. The van der Waals surface area contributed by atoms with Crippen LogP contribution in [0.2, 0.25) is 0 Å². The number of anilines is 1. The van der Waals surface area contributed by atoms with Gasteiger partial charge in [0.1, 0.15) is 5.82 Å². The summed E-state index contributed by atoms with van der Waals surface area (Å²) in [6.45, 7) is 7.19. The van der Waals surface area contributed by atoms with Crippen LogP contribution in [0.1, 0.15) is 26.6 Å². The van der Waals surface area contributed by atoms with Gasteiger partial charge < -0.3 is 5.32 Å². The second kappa shape index (κ2) is 5.90. The van der Waals surface area contributed by atoms with Crippen molar-refractivity contribution in [2.75, 3.05) is 18.1 Å². The number of nitrogens with zero attached hydrogens (tertiary/aromatic N) is 3. The molecule has 0 spiro atoms. The smallest absolute Gasteiger partial charge is 0.226 e. The molecule has 0 fully saturated rings. The Morgan fingerprint density at radius 3 is 2.53 bits per heavy atom. The van der Waals surface area contributed by atoms with Crippen molar-refractivity contribution in [1.82, 2.24) is 15.0 Å².